The molecule has 0 unspecified atom stereocenters. The van der Waals surface area contributed by atoms with E-state index >= 15 is 0 Å². The van der Waals surface area contributed by atoms with E-state index in [1.54, 1.807) is 41.4 Å². The van der Waals surface area contributed by atoms with Gasteiger partial charge in [-0.15, -0.1) is 0 Å². The average molecular weight is 314 g/mol. The van der Waals surface area contributed by atoms with Crippen LogP contribution >= 0.6 is 0 Å². The van der Waals surface area contributed by atoms with Gasteiger partial charge in [0.1, 0.15) is 12.0 Å². The van der Waals surface area contributed by atoms with Crippen molar-refractivity contribution >= 4 is 17.4 Å². The van der Waals surface area contributed by atoms with Crippen LogP contribution in [0.4, 0.5) is 11.5 Å². The SMILES string of the molecule is CN1C(=O)CN(C2CCOCC2)c2nc(-n3ccnc3)ncc21. The van der Waals surface area contributed by atoms with E-state index in [1.165, 1.54) is 0 Å². The van der Waals surface area contributed by atoms with Gasteiger partial charge in [0.2, 0.25) is 11.9 Å². The molecule has 23 heavy (non-hydrogen) atoms. The predicted octanol–water partition coefficient (Wildman–Crippen LogP) is 0.624. The van der Waals surface area contributed by atoms with E-state index in [2.05, 4.69) is 14.9 Å². The topological polar surface area (TPSA) is 76.4 Å². The van der Waals surface area contributed by atoms with E-state index < -0.39 is 0 Å². The summed E-state index contributed by atoms with van der Waals surface area (Å²) in [6.07, 6.45) is 8.67. The van der Waals surface area contributed by atoms with Gasteiger partial charge in [0.15, 0.2) is 5.82 Å². The zero-order chi connectivity index (χ0) is 15.8. The number of rotatable bonds is 2. The van der Waals surface area contributed by atoms with Crippen molar-refractivity contribution in [1.82, 2.24) is 19.5 Å². The fraction of sp³-hybridized carbons (Fsp3) is 0.467. The molecule has 0 spiro atoms. The van der Waals surface area contributed by atoms with Gasteiger partial charge in [0.25, 0.3) is 0 Å². The van der Waals surface area contributed by atoms with Crippen LogP contribution in [0.25, 0.3) is 5.95 Å². The highest BCUT2D eigenvalue weighted by Gasteiger charge is 2.34. The van der Waals surface area contributed by atoms with Gasteiger partial charge in [-0.3, -0.25) is 9.36 Å². The van der Waals surface area contributed by atoms with E-state index in [1.807, 2.05) is 0 Å². The van der Waals surface area contributed by atoms with Gasteiger partial charge in [-0.05, 0) is 12.8 Å². The predicted molar refractivity (Wildman–Crippen MR) is 83.8 cm³/mol. The number of aromatic nitrogens is 4. The van der Waals surface area contributed by atoms with Crippen molar-refractivity contribution in [1.29, 1.82) is 0 Å². The Labute approximate surface area is 133 Å². The quantitative estimate of drug-likeness (QED) is 0.809. The molecule has 4 rings (SSSR count). The molecular weight excluding hydrogens is 296 g/mol. The summed E-state index contributed by atoms with van der Waals surface area (Å²) in [6.45, 7) is 1.79. The van der Waals surface area contributed by atoms with E-state index in [0.717, 1.165) is 37.6 Å². The molecular formula is C15H18N6O2. The number of anilines is 2. The fourth-order valence-corrected chi connectivity index (χ4v) is 3.07. The van der Waals surface area contributed by atoms with Crippen molar-refractivity contribution < 1.29 is 9.53 Å². The van der Waals surface area contributed by atoms with Gasteiger partial charge >= 0.3 is 0 Å². The van der Waals surface area contributed by atoms with E-state index in [4.69, 9.17) is 9.72 Å². The highest BCUT2D eigenvalue weighted by molar-refractivity contribution is 6.01. The number of hydrogen-bond acceptors (Lipinski definition) is 6. The first kappa shape index (κ1) is 14.1. The largest absolute Gasteiger partial charge is 0.381 e. The third-order valence-electron chi connectivity index (χ3n) is 4.42. The van der Waals surface area contributed by atoms with E-state index in [-0.39, 0.29) is 11.9 Å². The van der Waals surface area contributed by atoms with Crippen LogP contribution in [-0.4, -0.2) is 58.3 Å². The smallest absolute Gasteiger partial charge is 0.246 e. The van der Waals surface area contributed by atoms with Crippen LogP contribution in [0.1, 0.15) is 12.8 Å². The number of ether oxygens (including phenoxy) is 1. The van der Waals surface area contributed by atoms with Gasteiger partial charge in [0, 0.05) is 38.7 Å². The van der Waals surface area contributed by atoms with Crippen molar-refractivity contribution in [3.8, 4) is 5.95 Å². The van der Waals surface area contributed by atoms with Crippen LogP contribution in [0.3, 0.4) is 0 Å². The molecule has 0 atom stereocenters. The van der Waals surface area contributed by atoms with Crippen LogP contribution in [0, 0.1) is 0 Å². The number of likely N-dealkylation sites (N-methyl/N-ethyl adjacent to an activating group) is 1. The molecule has 0 aliphatic carbocycles. The number of nitrogens with zero attached hydrogens (tertiary/aromatic N) is 6. The summed E-state index contributed by atoms with van der Waals surface area (Å²) in [5.74, 6) is 1.42. The molecule has 0 radical (unpaired) electrons. The lowest BCUT2D eigenvalue weighted by Gasteiger charge is -2.40. The number of fused-ring (bicyclic) bond motifs is 1. The molecule has 0 saturated carbocycles. The first-order chi connectivity index (χ1) is 11.2. The lowest BCUT2D eigenvalue weighted by Crippen LogP contribution is -2.50. The maximum absolute atomic E-state index is 12.3. The summed E-state index contributed by atoms with van der Waals surface area (Å²) in [4.78, 5) is 29.1. The van der Waals surface area contributed by atoms with E-state index in [9.17, 15) is 4.79 Å². The van der Waals surface area contributed by atoms with Crippen LogP contribution < -0.4 is 9.80 Å². The highest BCUT2D eigenvalue weighted by Crippen LogP contribution is 2.34. The number of hydrogen-bond donors (Lipinski definition) is 0. The Hall–Kier alpha value is -2.48. The molecule has 8 heteroatoms. The van der Waals surface area contributed by atoms with Crippen LogP contribution in [0.2, 0.25) is 0 Å². The summed E-state index contributed by atoms with van der Waals surface area (Å²) in [7, 11) is 1.77. The summed E-state index contributed by atoms with van der Waals surface area (Å²) in [6, 6.07) is 0.269. The number of carbonyl (C=O) groups is 1. The second-order valence-corrected chi connectivity index (χ2v) is 5.77. The molecule has 1 fully saturated rings. The van der Waals surface area contributed by atoms with Gasteiger partial charge < -0.3 is 14.5 Å². The maximum atomic E-state index is 12.3. The van der Waals surface area contributed by atoms with Crippen LogP contribution in [-0.2, 0) is 9.53 Å². The molecule has 0 N–H and O–H groups in total. The second-order valence-electron chi connectivity index (χ2n) is 5.77. The van der Waals surface area contributed by atoms with Crippen molar-refractivity contribution in [2.24, 2.45) is 0 Å². The molecule has 0 bridgehead atoms. The van der Waals surface area contributed by atoms with Crippen LogP contribution in [0.5, 0.6) is 0 Å². The third-order valence-corrected chi connectivity index (χ3v) is 4.42. The average Bonchev–Trinajstić information content (AvgIpc) is 3.13. The minimum absolute atomic E-state index is 0.0583. The standard InChI is InChI=1S/C15H18N6O2/c1-19-12-8-17-15(20-5-4-16-10-20)18-14(12)21(9-13(19)22)11-2-6-23-7-3-11/h4-5,8,10-11H,2-3,6-7,9H2,1H3. The molecule has 1 amide bonds. The lowest BCUT2D eigenvalue weighted by molar-refractivity contribution is -0.117. The summed E-state index contributed by atoms with van der Waals surface area (Å²) < 4.78 is 7.20. The molecule has 0 aromatic carbocycles. The first-order valence-corrected chi connectivity index (χ1v) is 7.70. The molecule has 2 aromatic heterocycles. The van der Waals surface area contributed by atoms with Gasteiger partial charge in [0.05, 0.1) is 12.7 Å². The monoisotopic (exact) mass is 314 g/mol. The summed E-state index contributed by atoms with van der Waals surface area (Å²) in [5.41, 5.74) is 0.747. The van der Waals surface area contributed by atoms with Crippen molar-refractivity contribution in [2.75, 3.05) is 36.6 Å². The Morgan fingerprint density at radius 3 is 2.87 bits per heavy atom. The van der Waals surface area contributed by atoms with Gasteiger partial charge in [-0.25, -0.2) is 9.97 Å². The Morgan fingerprint density at radius 1 is 1.30 bits per heavy atom. The minimum atomic E-state index is 0.0583. The second kappa shape index (κ2) is 5.62. The molecule has 2 aliphatic rings. The molecule has 1 saturated heterocycles. The van der Waals surface area contributed by atoms with Crippen molar-refractivity contribution in [2.45, 2.75) is 18.9 Å². The molecule has 2 aromatic rings. The number of amides is 1. The molecule has 120 valence electrons. The Kier molecular flexibility index (Phi) is 3.45. The minimum Gasteiger partial charge on any atom is -0.381 e. The summed E-state index contributed by atoms with van der Waals surface area (Å²) >= 11 is 0. The first-order valence-electron chi connectivity index (χ1n) is 7.70. The van der Waals surface area contributed by atoms with Gasteiger partial charge in [-0.2, -0.15) is 4.98 Å². The fourth-order valence-electron chi connectivity index (χ4n) is 3.07. The molecule has 2 aliphatic heterocycles. The Morgan fingerprint density at radius 2 is 2.13 bits per heavy atom. The zero-order valence-corrected chi connectivity index (χ0v) is 12.9. The number of imidazole rings is 1. The Bertz CT molecular complexity index is 711. The van der Waals surface area contributed by atoms with Gasteiger partial charge in [-0.1, -0.05) is 0 Å². The molecule has 4 heterocycles. The number of carbonyl (C=O) groups excluding carboxylic acids is 1. The van der Waals surface area contributed by atoms with Crippen molar-refractivity contribution in [3.63, 3.8) is 0 Å². The van der Waals surface area contributed by atoms with Crippen LogP contribution in [0.15, 0.2) is 24.9 Å². The Balaban J connectivity index is 1.77. The normalized spacial score (nSPS) is 19.1. The summed E-state index contributed by atoms with van der Waals surface area (Å²) in [5, 5.41) is 0. The van der Waals surface area contributed by atoms with E-state index in [0.29, 0.717) is 12.5 Å². The zero-order valence-electron chi connectivity index (χ0n) is 12.9. The lowest BCUT2D eigenvalue weighted by atomic mass is 10.1. The maximum Gasteiger partial charge on any atom is 0.246 e. The highest BCUT2D eigenvalue weighted by atomic mass is 16.5. The van der Waals surface area contributed by atoms with Crippen molar-refractivity contribution in [3.05, 3.63) is 24.9 Å². The third kappa shape index (κ3) is 2.44. The molecule has 8 nitrogen and oxygen atoms in total.